The molecule has 0 unspecified atom stereocenters. The van der Waals surface area contributed by atoms with Gasteiger partial charge in [-0.1, -0.05) is 0 Å². The molecular weight excluding hydrogens is 180 g/mol. The number of aliphatic hydroxyl groups is 2. The first-order valence-electron chi connectivity index (χ1n) is 3.80. The second-order valence-corrected chi connectivity index (χ2v) is 3.51. The van der Waals surface area contributed by atoms with Crippen LogP contribution in [0.25, 0.3) is 0 Å². The minimum atomic E-state index is -1.02. The van der Waals surface area contributed by atoms with Gasteiger partial charge in [-0.3, -0.25) is 0 Å². The number of aliphatic hydroxyl groups excluding tert-OH is 2. The summed E-state index contributed by atoms with van der Waals surface area (Å²) in [5, 5.41) is 18.4. The van der Waals surface area contributed by atoms with Crippen molar-refractivity contribution in [2.45, 2.75) is 36.8 Å². The van der Waals surface area contributed by atoms with Crippen molar-refractivity contribution >= 4 is 12.6 Å². The highest BCUT2D eigenvalue weighted by Gasteiger charge is 2.40. The topological polar surface area (TPSA) is 58.9 Å². The van der Waals surface area contributed by atoms with Crippen LogP contribution in [0.1, 0.15) is 6.92 Å². The van der Waals surface area contributed by atoms with Crippen molar-refractivity contribution in [1.29, 1.82) is 0 Å². The quantitative estimate of drug-likeness (QED) is 0.488. The van der Waals surface area contributed by atoms with Crippen LogP contribution in [0.4, 0.5) is 0 Å². The molecule has 0 aromatic rings. The van der Waals surface area contributed by atoms with Gasteiger partial charge < -0.3 is 19.7 Å². The highest BCUT2D eigenvalue weighted by molar-refractivity contribution is 7.81. The lowest BCUT2D eigenvalue weighted by atomic mass is 10.0. The molecule has 0 radical (unpaired) electrons. The van der Waals surface area contributed by atoms with Crippen LogP contribution in [-0.4, -0.2) is 47.2 Å². The normalized spacial score (nSPS) is 49.2. The van der Waals surface area contributed by atoms with Crippen molar-refractivity contribution < 1.29 is 19.7 Å². The minimum Gasteiger partial charge on any atom is -0.389 e. The third kappa shape index (κ3) is 1.75. The summed E-state index contributed by atoms with van der Waals surface area (Å²) >= 11 is 4.10. The lowest BCUT2D eigenvalue weighted by Crippen LogP contribution is -2.55. The summed E-state index contributed by atoms with van der Waals surface area (Å²) in [6.45, 7) is 1.78. The van der Waals surface area contributed by atoms with Gasteiger partial charge in [0, 0.05) is 7.11 Å². The van der Waals surface area contributed by atoms with Crippen molar-refractivity contribution in [3.8, 4) is 0 Å². The van der Waals surface area contributed by atoms with Crippen molar-refractivity contribution in [2.24, 2.45) is 0 Å². The smallest absolute Gasteiger partial charge is 0.186 e. The van der Waals surface area contributed by atoms with Gasteiger partial charge in [0.1, 0.15) is 6.10 Å². The SMILES string of the molecule is CO[C@H]1O[C@H](C)[C@H](S)[C@H](O)[C@H]1O. The Kier molecular flexibility index (Phi) is 3.37. The van der Waals surface area contributed by atoms with E-state index in [2.05, 4.69) is 12.6 Å². The highest BCUT2D eigenvalue weighted by Crippen LogP contribution is 2.24. The average Bonchev–Trinajstić information content (AvgIpc) is 2.08. The molecule has 0 saturated carbocycles. The molecular formula is C7H14O4S. The first kappa shape index (κ1) is 10.3. The summed E-state index contributed by atoms with van der Waals surface area (Å²) in [5.74, 6) is 0. The van der Waals surface area contributed by atoms with Crippen LogP contribution in [0.15, 0.2) is 0 Å². The Morgan fingerprint density at radius 3 is 2.42 bits per heavy atom. The fourth-order valence-corrected chi connectivity index (χ4v) is 1.45. The predicted molar refractivity (Wildman–Crippen MR) is 46.1 cm³/mol. The molecule has 0 aliphatic carbocycles. The lowest BCUT2D eigenvalue weighted by molar-refractivity contribution is -0.250. The van der Waals surface area contributed by atoms with E-state index in [4.69, 9.17) is 9.47 Å². The maximum absolute atomic E-state index is 9.43. The second kappa shape index (κ2) is 3.93. The third-order valence-electron chi connectivity index (χ3n) is 2.04. The van der Waals surface area contributed by atoms with E-state index < -0.39 is 18.5 Å². The van der Waals surface area contributed by atoms with Gasteiger partial charge in [-0.15, -0.1) is 0 Å². The van der Waals surface area contributed by atoms with Crippen LogP contribution in [0, 0.1) is 0 Å². The molecule has 1 fully saturated rings. The lowest BCUT2D eigenvalue weighted by Gasteiger charge is -2.38. The van der Waals surface area contributed by atoms with Gasteiger partial charge in [0.2, 0.25) is 0 Å². The Balaban J connectivity index is 2.63. The van der Waals surface area contributed by atoms with E-state index in [0.29, 0.717) is 0 Å². The first-order chi connectivity index (χ1) is 5.57. The summed E-state index contributed by atoms with van der Waals surface area (Å²) in [4.78, 5) is 0. The van der Waals surface area contributed by atoms with Crippen LogP contribution < -0.4 is 0 Å². The zero-order valence-electron chi connectivity index (χ0n) is 7.04. The Hall–Kier alpha value is 0.190. The molecule has 72 valence electrons. The molecule has 0 amide bonds. The molecule has 5 heteroatoms. The standard InChI is InChI=1S/C7H14O4S/c1-3-6(12)4(8)5(9)7(10-2)11-3/h3-9,12H,1-2H3/t3-,4-,5-,6+,7+/m1/s1. The third-order valence-corrected chi connectivity index (χ3v) is 2.77. The summed E-state index contributed by atoms with van der Waals surface area (Å²) in [5.41, 5.74) is 0. The monoisotopic (exact) mass is 194 g/mol. The largest absolute Gasteiger partial charge is 0.389 e. The maximum Gasteiger partial charge on any atom is 0.186 e. The highest BCUT2D eigenvalue weighted by atomic mass is 32.1. The maximum atomic E-state index is 9.43. The van der Waals surface area contributed by atoms with E-state index in [0.717, 1.165) is 0 Å². The minimum absolute atomic E-state index is 0.225. The molecule has 1 rings (SSSR count). The van der Waals surface area contributed by atoms with Crippen LogP contribution in [0.5, 0.6) is 0 Å². The van der Waals surface area contributed by atoms with Gasteiger partial charge in [0.25, 0.3) is 0 Å². The average molecular weight is 194 g/mol. The number of ether oxygens (including phenoxy) is 2. The Bertz CT molecular complexity index is 150. The van der Waals surface area contributed by atoms with Gasteiger partial charge in [0.05, 0.1) is 17.5 Å². The first-order valence-corrected chi connectivity index (χ1v) is 4.32. The van der Waals surface area contributed by atoms with E-state index in [1.165, 1.54) is 7.11 Å². The summed E-state index contributed by atoms with van der Waals surface area (Å²) < 4.78 is 10.0. The molecule has 2 N–H and O–H groups in total. The predicted octanol–water partition coefficient (Wildman–Crippen LogP) is -0.602. The number of rotatable bonds is 1. The van der Waals surface area contributed by atoms with Crippen molar-refractivity contribution in [3.05, 3.63) is 0 Å². The van der Waals surface area contributed by atoms with Gasteiger partial charge >= 0.3 is 0 Å². The molecule has 0 bridgehead atoms. The van der Waals surface area contributed by atoms with Gasteiger partial charge in [0.15, 0.2) is 6.29 Å². The molecule has 4 nitrogen and oxygen atoms in total. The number of hydrogen-bond acceptors (Lipinski definition) is 5. The fourth-order valence-electron chi connectivity index (χ4n) is 1.21. The molecule has 5 atom stereocenters. The van der Waals surface area contributed by atoms with Crippen LogP contribution in [-0.2, 0) is 9.47 Å². The van der Waals surface area contributed by atoms with E-state index in [9.17, 15) is 10.2 Å². The van der Waals surface area contributed by atoms with Crippen LogP contribution in [0.2, 0.25) is 0 Å². The van der Waals surface area contributed by atoms with E-state index in [1.807, 2.05) is 0 Å². The van der Waals surface area contributed by atoms with Crippen molar-refractivity contribution in [3.63, 3.8) is 0 Å². The van der Waals surface area contributed by atoms with Crippen LogP contribution >= 0.6 is 12.6 Å². The molecule has 1 aliphatic rings. The number of thiol groups is 1. The summed E-state index contributed by atoms with van der Waals surface area (Å²) in [6.07, 6.45) is -2.90. The van der Waals surface area contributed by atoms with E-state index in [1.54, 1.807) is 6.92 Å². The number of methoxy groups -OCH3 is 1. The molecule has 0 spiro atoms. The zero-order valence-corrected chi connectivity index (χ0v) is 7.94. The Labute approximate surface area is 76.9 Å². The van der Waals surface area contributed by atoms with Crippen molar-refractivity contribution in [2.75, 3.05) is 7.11 Å². The van der Waals surface area contributed by atoms with Gasteiger partial charge in [-0.2, -0.15) is 12.6 Å². The summed E-state index contributed by atoms with van der Waals surface area (Å²) in [6, 6.07) is 0. The molecule has 0 aromatic carbocycles. The van der Waals surface area contributed by atoms with Crippen LogP contribution in [0.3, 0.4) is 0 Å². The van der Waals surface area contributed by atoms with E-state index in [-0.39, 0.29) is 11.4 Å². The molecule has 1 saturated heterocycles. The zero-order chi connectivity index (χ0) is 9.30. The van der Waals surface area contributed by atoms with Crippen molar-refractivity contribution in [1.82, 2.24) is 0 Å². The second-order valence-electron chi connectivity index (χ2n) is 2.92. The molecule has 0 aromatic heterocycles. The number of hydrogen-bond donors (Lipinski definition) is 3. The molecule has 1 aliphatic heterocycles. The summed E-state index contributed by atoms with van der Waals surface area (Å²) in [7, 11) is 1.42. The Morgan fingerprint density at radius 2 is 1.92 bits per heavy atom. The van der Waals surface area contributed by atoms with Gasteiger partial charge in [-0.05, 0) is 6.92 Å². The van der Waals surface area contributed by atoms with Gasteiger partial charge in [-0.25, -0.2) is 0 Å². The Morgan fingerprint density at radius 1 is 1.33 bits per heavy atom. The molecule has 1 heterocycles. The fraction of sp³-hybridized carbons (Fsp3) is 1.00. The molecule has 12 heavy (non-hydrogen) atoms. The van der Waals surface area contributed by atoms with E-state index >= 15 is 0 Å².